The molecule has 1 N–H and O–H groups in total. The smallest absolute Gasteiger partial charge is 0.218 e. The standard InChI is InChI=1S/C9H16O4/c1-6(2)12-9-8(11)4-3-7(5-10)13-9/h6-7,9-10H,3-5H2,1-2H3. The van der Waals surface area contributed by atoms with E-state index < -0.39 is 6.29 Å². The molecule has 0 aromatic heterocycles. The summed E-state index contributed by atoms with van der Waals surface area (Å²) in [5.74, 6) is -0.0293. The Morgan fingerprint density at radius 2 is 2.38 bits per heavy atom. The molecule has 2 atom stereocenters. The molecule has 1 aliphatic rings. The third kappa shape index (κ3) is 3.06. The molecule has 1 rings (SSSR count). The lowest BCUT2D eigenvalue weighted by atomic mass is 10.1. The molecule has 0 radical (unpaired) electrons. The van der Waals surface area contributed by atoms with Crippen LogP contribution in [0.3, 0.4) is 0 Å². The van der Waals surface area contributed by atoms with Gasteiger partial charge in [-0.25, -0.2) is 0 Å². The highest BCUT2D eigenvalue weighted by atomic mass is 16.7. The average molecular weight is 188 g/mol. The van der Waals surface area contributed by atoms with Gasteiger partial charge in [-0.15, -0.1) is 0 Å². The Balaban J connectivity index is 2.45. The maximum Gasteiger partial charge on any atom is 0.218 e. The lowest BCUT2D eigenvalue weighted by molar-refractivity contribution is -0.210. The molecule has 76 valence electrons. The molecule has 0 aromatic carbocycles. The Bertz CT molecular complexity index is 178. The number of carbonyl (C=O) groups excluding carboxylic acids is 1. The van der Waals surface area contributed by atoms with Crippen molar-refractivity contribution in [2.24, 2.45) is 0 Å². The summed E-state index contributed by atoms with van der Waals surface area (Å²) >= 11 is 0. The van der Waals surface area contributed by atoms with E-state index in [1.54, 1.807) is 0 Å². The van der Waals surface area contributed by atoms with Crippen LogP contribution in [0.25, 0.3) is 0 Å². The van der Waals surface area contributed by atoms with Gasteiger partial charge in [0.25, 0.3) is 0 Å². The third-order valence-corrected chi connectivity index (χ3v) is 1.89. The summed E-state index contributed by atoms with van der Waals surface area (Å²) in [6.45, 7) is 3.64. The van der Waals surface area contributed by atoms with E-state index in [0.717, 1.165) is 0 Å². The zero-order valence-electron chi connectivity index (χ0n) is 8.03. The van der Waals surface area contributed by atoms with Crippen LogP contribution in [0.4, 0.5) is 0 Å². The van der Waals surface area contributed by atoms with E-state index in [-0.39, 0.29) is 24.6 Å². The Morgan fingerprint density at radius 3 is 2.92 bits per heavy atom. The minimum absolute atomic E-state index is 0.0293. The highest BCUT2D eigenvalue weighted by Gasteiger charge is 2.30. The maximum atomic E-state index is 11.3. The molecule has 1 fully saturated rings. The molecule has 0 bridgehead atoms. The maximum absolute atomic E-state index is 11.3. The normalized spacial score (nSPS) is 29.7. The SMILES string of the molecule is CC(C)OC1OC(CO)CCC1=O. The molecule has 1 heterocycles. The minimum Gasteiger partial charge on any atom is -0.394 e. The lowest BCUT2D eigenvalue weighted by Gasteiger charge is -2.28. The van der Waals surface area contributed by atoms with Crippen LogP contribution < -0.4 is 0 Å². The summed E-state index contributed by atoms with van der Waals surface area (Å²) < 4.78 is 10.5. The number of ketones is 1. The molecular weight excluding hydrogens is 172 g/mol. The van der Waals surface area contributed by atoms with Crippen molar-refractivity contribution in [3.05, 3.63) is 0 Å². The fourth-order valence-electron chi connectivity index (χ4n) is 1.23. The first-order valence-electron chi connectivity index (χ1n) is 4.58. The van der Waals surface area contributed by atoms with Gasteiger partial charge in [-0.05, 0) is 20.3 Å². The number of hydrogen-bond donors (Lipinski definition) is 1. The Hall–Kier alpha value is -0.450. The Labute approximate surface area is 77.8 Å². The first-order chi connectivity index (χ1) is 6.13. The number of hydrogen-bond acceptors (Lipinski definition) is 4. The second kappa shape index (κ2) is 4.69. The van der Waals surface area contributed by atoms with E-state index in [9.17, 15) is 4.79 Å². The van der Waals surface area contributed by atoms with Gasteiger partial charge in [0.05, 0.1) is 18.8 Å². The Kier molecular flexibility index (Phi) is 3.84. The van der Waals surface area contributed by atoms with Crippen LogP contribution in [0.1, 0.15) is 26.7 Å². The average Bonchev–Trinajstić information content (AvgIpc) is 2.08. The van der Waals surface area contributed by atoms with Gasteiger partial charge in [0, 0.05) is 6.42 Å². The molecule has 0 aliphatic carbocycles. The van der Waals surface area contributed by atoms with Crippen LogP contribution in [-0.4, -0.2) is 36.0 Å². The van der Waals surface area contributed by atoms with Gasteiger partial charge < -0.3 is 14.6 Å². The molecule has 4 heteroatoms. The van der Waals surface area contributed by atoms with Gasteiger partial charge in [0.1, 0.15) is 0 Å². The predicted molar refractivity (Wildman–Crippen MR) is 46.2 cm³/mol. The summed E-state index contributed by atoms with van der Waals surface area (Å²) in [6.07, 6.45) is -0.0330. The molecular formula is C9H16O4. The number of Topliss-reactive ketones (excluding diaryl/α,β-unsaturated/α-hetero) is 1. The highest BCUT2D eigenvalue weighted by molar-refractivity contribution is 5.82. The molecule has 2 unspecified atom stereocenters. The van der Waals surface area contributed by atoms with E-state index in [0.29, 0.717) is 12.8 Å². The summed E-state index contributed by atoms with van der Waals surface area (Å²) in [4.78, 5) is 11.3. The first-order valence-corrected chi connectivity index (χ1v) is 4.58. The number of aliphatic hydroxyl groups excluding tert-OH is 1. The van der Waals surface area contributed by atoms with E-state index in [1.165, 1.54) is 0 Å². The van der Waals surface area contributed by atoms with Crippen LogP contribution in [0.15, 0.2) is 0 Å². The monoisotopic (exact) mass is 188 g/mol. The molecule has 0 aromatic rings. The molecule has 0 saturated carbocycles. The first kappa shape index (κ1) is 10.6. The van der Waals surface area contributed by atoms with Crippen LogP contribution in [0.5, 0.6) is 0 Å². The summed E-state index contributed by atoms with van der Waals surface area (Å²) in [5, 5.41) is 8.84. The number of rotatable bonds is 3. The van der Waals surface area contributed by atoms with Gasteiger partial charge >= 0.3 is 0 Å². The second-order valence-electron chi connectivity index (χ2n) is 3.46. The van der Waals surface area contributed by atoms with Crippen molar-refractivity contribution < 1.29 is 19.4 Å². The van der Waals surface area contributed by atoms with E-state index in [2.05, 4.69) is 0 Å². The number of ether oxygens (including phenoxy) is 2. The van der Waals surface area contributed by atoms with Crippen LogP contribution in [0, 0.1) is 0 Å². The third-order valence-electron chi connectivity index (χ3n) is 1.89. The Morgan fingerprint density at radius 1 is 1.69 bits per heavy atom. The highest BCUT2D eigenvalue weighted by Crippen LogP contribution is 2.17. The van der Waals surface area contributed by atoms with Crippen molar-refractivity contribution >= 4 is 5.78 Å². The largest absolute Gasteiger partial charge is 0.394 e. The lowest BCUT2D eigenvalue weighted by Crippen LogP contribution is -2.40. The fraction of sp³-hybridized carbons (Fsp3) is 0.889. The van der Waals surface area contributed by atoms with Crippen molar-refractivity contribution in [2.75, 3.05) is 6.61 Å². The van der Waals surface area contributed by atoms with Gasteiger partial charge in [-0.2, -0.15) is 0 Å². The van der Waals surface area contributed by atoms with Crippen molar-refractivity contribution in [2.45, 2.75) is 45.2 Å². The summed E-state index contributed by atoms with van der Waals surface area (Å²) in [6, 6.07) is 0. The quantitative estimate of drug-likeness (QED) is 0.699. The van der Waals surface area contributed by atoms with Gasteiger partial charge in [0.15, 0.2) is 5.78 Å². The van der Waals surface area contributed by atoms with Crippen LogP contribution in [-0.2, 0) is 14.3 Å². The summed E-state index contributed by atoms with van der Waals surface area (Å²) in [7, 11) is 0. The number of carbonyl (C=O) groups is 1. The predicted octanol–water partition coefficient (Wildman–Crippen LogP) is 0.478. The van der Waals surface area contributed by atoms with Crippen molar-refractivity contribution in [3.8, 4) is 0 Å². The molecule has 0 amide bonds. The molecule has 1 aliphatic heterocycles. The summed E-state index contributed by atoms with van der Waals surface area (Å²) in [5.41, 5.74) is 0. The van der Waals surface area contributed by atoms with Gasteiger partial charge in [-0.1, -0.05) is 0 Å². The fourth-order valence-corrected chi connectivity index (χ4v) is 1.23. The van der Waals surface area contributed by atoms with Crippen LogP contribution >= 0.6 is 0 Å². The molecule has 1 saturated heterocycles. The van der Waals surface area contributed by atoms with E-state index in [1.807, 2.05) is 13.8 Å². The second-order valence-corrected chi connectivity index (χ2v) is 3.46. The van der Waals surface area contributed by atoms with Crippen LogP contribution in [0.2, 0.25) is 0 Å². The zero-order chi connectivity index (χ0) is 9.84. The molecule has 4 nitrogen and oxygen atoms in total. The molecule has 13 heavy (non-hydrogen) atoms. The van der Waals surface area contributed by atoms with Crippen molar-refractivity contribution in [3.63, 3.8) is 0 Å². The van der Waals surface area contributed by atoms with Crippen molar-refractivity contribution in [1.29, 1.82) is 0 Å². The minimum atomic E-state index is -0.772. The van der Waals surface area contributed by atoms with E-state index >= 15 is 0 Å². The number of aliphatic hydroxyl groups is 1. The zero-order valence-corrected chi connectivity index (χ0v) is 8.03. The van der Waals surface area contributed by atoms with Crippen molar-refractivity contribution in [1.82, 2.24) is 0 Å². The van der Waals surface area contributed by atoms with Gasteiger partial charge in [-0.3, -0.25) is 4.79 Å². The molecule has 0 spiro atoms. The van der Waals surface area contributed by atoms with Gasteiger partial charge in [0.2, 0.25) is 6.29 Å². The topological polar surface area (TPSA) is 55.8 Å². The van der Waals surface area contributed by atoms with E-state index in [4.69, 9.17) is 14.6 Å².